The van der Waals surface area contributed by atoms with Gasteiger partial charge in [-0.15, -0.1) is 0 Å². The number of carboxylic acids is 1. The van der Waals surface area contributed by atoms with Gasteiger partial charge in [0.25, 0.3) is 0 Å². The van der Waals surface area contributed by atoms with E-state index in [9.17, 15) is 9.59 Å². The lowest BCUT2D eigenvalue weighted by molar-refractivity contribution is -0.154. The Morgan fingerprint density at radius 1 is 1.52 bits per heavy atom. The molecule has 110 valence electrons. The number of anilines is 1. The Hall–Kier alpha value is -2.11. The van der Waals surface area contributed by atoms with Crippen LogP contribution >= 0.6 is 15.9 Å². The number of hydrogen-bond acceptors (Lipinski definition) is 4. The Morgan fingerprint density at radius 3 is 2.95 bits per heavy atom. The Balaban J connectivity index is 2.08. The first-order valence-corrected chi connectivity index (χ1v) is 6.90. The molecule has 1 saturated heterocycles. The molecule has 1 aliphatic rings. The van der Waals surface area contributed by atoms with E-state index >= 15 is 0 Å². The number of nitrogens with zero attached hydrogens (tertiary/aromatic N) is 2. The van der Waals surface area contributed by atoms with Gasteiger partial charge in [-0.3, -0.25) is 0 Å². The van der Waals surface area contributed by atoms with Crippen LogP contribution in [0.4, 0.5) is 10.5 Å². The highest BCUT2D eigenvalue weighted by Gasteiger charge is 2.29. The molecule has 1 aromatic carbocycles. The Morgan fingerprint density at radius 2 is 2.29 bits per heavy atom. The van der Waals surface area contributed by atoms with Crippen molar-refractivity contribution in [2.24, 2.45) is 0 Å². The minimum absolute atomic E-state index is 0.0282. The lowest BCUT2D eigenvalue weighted by atomic mass is 10.2. The average Bonchev–Trinajstić information content (AvgIpc) is 2.49. The molecule has 0 aromatic heterocycles. The van der Waals surface area contributed by atoms with E-state index in [-0.39, 0.29) is 13.2 Å². The van der Waals surface area contributed by atoms with E-state index in [0.717, 1.165) is 4.47 Å². The summed E-state index contributed by atoms with van der Waals surface area (Å²) in [5.41, 5.74) is 0.699. The van der Waals surface area contributed by atoms with Crippen LogP contribution in [0.5, 0.6) is 0 Å². The zero-order valence-corrected chi connectivity index (χ0v) is 12.5. The van der Waals surface area contributed by atoms with Gasteiger partial charge in [-0.05, 0) is 18.2 Å². The van der Waals surface area contributed by atoms with Crippen molar-refractivity contribution in [2.75, 3.05) is 25.0 Å². The molecule has 21 heavy (non-hydrogen) atoms. The van der Waals surface area contributed by atoms with Gasteiger partial charge in [-0.1, -0.05) is 15.9 Å². The zero-order chi connectivity index (χ0) is 15.4. The van der Waals surface area contributed by atoms with Crippen LogP contribution in [-0.4, -0.2) is 47.8 Å². The fourth-order valence-electron chi connectivity index (χ4n) is 1.90. The second-order valence-electron chi connectivity index (χ2n) is 4.38. The molecule has 1 atom stereocenters. The largest absolute Gasteiger partial charge is 0.479 e. The highest BCUT2D eigenvalue weighted by molar-refractivity contribution is 9.10. The molecule has 0 saturated carbocycles. The number of rotatable bonds is 2. The lowest BCUT2D eigenvalue weighted by Crippen LogP contribution is -2.49. The molecule has 0 radical (unpaired) electrons. The zero-order valence-electron chi connectivity index (χ0n) is 10.9. The molecule has 2 N–H and O–H groups in total. The predicted molar refractivity (Wildman–Crippen MR) is 76.8 cm³/mol. The van der Waals surface area contributed by atoms with Crippen molar-refractivity contribution in [2.45, 2.75) is 6.10 Å². The number of nitrogens with one attached hydrogen (secondary N) is 1. The molecule has 2 amide bonds. The van der Waals surface area contributed by atoms with Gasteiger partial charge in [0.15, 0.2) is 6.10 Å². The van der Waals surface area contributed by atoms with E-state index < -0.39 is 18.1 Å². The summed E-state index contributed by atoms with van der Waals surface area (Å²) in [6.07, 6.45) is -1.02. The number of amides is 2. The van der Waals surface area contributed by atoms with Gasteiger partial charge in [0.2, 0.25) is 0 Å². The van der Waals surface area contributed by atoms with E-state index in [1.165, 1.54) is 4.90 Å². The van der Waals surface area contributed by atoms with Crippen LogP contribution in [0.3, 0.4) is 0 Å². The number of carbonyl (C=O) groups excluding carboxylic acids is 1. The number of carbonyl (C=O) groups is 2. The average molecular weight is 354 g/mol. The fraction of sp³-hybridized carbons (Fsp3) is 0.308. The maximum atomic E-state index is 12.1. The summed E-state index contributed by atoms with van der Waals surface area (Å²) < 4.78 is 5.78. The first-order chi connectivity index (χ1) is 10.0. The molecule has 7 nitrogen and oxygen atoms in total. The SMILES string of the molecule is N#Cc1cc(Br)ccc1NC(=O)N1CCOC(C(=O)O)C1. The number of hydrogen-bond donors (Lipinski definition) is 2. The van der Waals surface area contributed by atoms with Crippen molar-refractivity contribution in [3.63, 3.8) is 0 Å². The number of ether oxygens (including phenoxy) is 1. The van der Waals surface area contributed by atoms with E-state index in [2.05, 4.69) is 21.2 Å². The van der Waals surface area contributed by atoms with E-state index in [0.29, 0.717) is 17.8 Å². The third-order valence-electron chi connectivity index (χ3n) is 2.97. The molecule has 0 spiro atoms. The summed E-state index contributed by atoms with van der Waals surface area (Å²) in [5, 5.41) is 20.6. The van der Waals surface area contributed by atoms with Gasteiger partial charge in [0.05, 0.1) is 24.4 Å². The van der Waals surface area contributed by atoms with Crippen LogP contribution < -0.4 is 5.32 Å². The summed E-state index contributed by atoms with van der Waals surface area (Å²) in [6, 6.07) is 6.44. The van der Waals surface area contributed by atoms with Crippen LogP contribution in [0.2, 0.25) is 0 Å². The molecule has 1 aliphatic heterocycles. The molecular formula is C13H12BrN3O4. The number of morpholine rings is 1. The van der Waals surface area contributed by atoms with Crippen molar-refractivity contribution in [1.82, 2.24) is 4.90 Å². The molecule has 1 fully saturated rings. The molecular weight excluding hydrogens is 342 g/mol. The van der Waals surface area contributed by atoms with Gasteiger partial charge < -0.3 is 20.1 Å². The van der Waals surface area contributed by atoms with Gasteiger partial charge >= 0.3 is 12.0 Å². The molecule has 8 heteroatoms. The number of carboxylic acid groups (broad SMARTS) is 1. The summed E-state index contributed by atoms with van der Waals surface area (Å²) >= 11 is 3.25. The number of aliphatic carboxylic acids is 1. The van der Waals surface area contributed by atoms with Crippen molar-refractivity contribution in [3.05, 3.63) is 28.2 Å². The van der Waals surface area contributed by atoms with E-state index in [1.807, 2.05) is 6.07 Å². The fourth-order valence-corrected chi connectivity index (χ4v) is 2.26. The second-order valence-corrected chi connectivity index (χ2v) is 5.29. The lowest BCUT2D eigenvalue weighted by Gasteiger charge is -2.30. The van der Waals surface area contributed by atoms with Crippen molar-refractivity contribution >= 4 is 33.6 Å². The smallest absolute Gasteiger partial charge is 0.334 e. The third-order valence-corrected chi connectivity index (χ3v) is 3.47. The maximum absolute atomic E-state index is 12.1. The normalized spacial score (nSPS) is 17.9. The first kappa shape index (κ1) is 15.3. The number of halogens is 1. The van der Waals surface area contributed by atoms with Gasteiger partial charge in [-0.25, -0.2) is 9.59 Å². The summed E-state index contributed by atoms with van der Waals surface area (Å²) in [7, 11) is 0. The Kier molecular flexibility index (Phi) is 4.77. The van der Waals surface area contributed by atoms with Gasteiger partial charge in [0, 0.05) is 11.0 Å². The maximum Gasteiger partial charge on any atom is 0.334 e. The summed E-state index contributed by atoms with van der Waals surface area (Å²) in [4.78, 5) is 24.4. The van der Waals surface area contributed by atoms with Crippen LogP contribution in [-0.2, 0) is 9.53 Å². The second kappa shape index (κ2) is 6.56. The number of urea groups is 1. The van der Waals surface area contributed by atoms with Gasteiger partial charge in [-0.2, -0.15) is 5.26 Å². The van der Waals surface area contributed by atoms with E-state index in [1.54, 1.807) is 18.2 Å². The van der Waals surface area contributed by atoms with Crippen molar-refractivity contribution in [3.8, 4) is 6.07 Å². The molecule has 2 rings (SSSR count). The predicted octanol–water partition coefficient (Wildman–Crippen LogP) is 1.64. The Bertz CT molecular complexity index is 614. The quantitative estimate of drug-likeness (QED) is 0.841. The topological polar surface area (TPSA) is 103 Å². The standard InChI is InChI=1S/C13H12BrN3O4/c14-9-1-2-10(8(5-9)6-15)16-13(20)17-3-4-21-11(7-17)12(18)19/h1-2,5,11H,3-4,7H2,(H,16,20)(H,18,19). The minimum Gasteiger partial charge on any atom is -0.479 e. The van der Waals surface area contributed by atoms with Gasteiger partial charge in [0.1, 0.15) is 6.07 Å². The molecule has 1 aromatic rings. The number of benzene rings is 1. The van der Waals surface area contributed by atoms with Crippen molar-refractivity contribution in [1.29, 1.82) is 5.26 Å². The van der Waals surface area contributed by atoms with Crippen LogP contribution in [0.25, 0.3) is 0 Å². The highest BCUT2D eigenvalue weighted by atomic mass is 79.9. The first-order valence-electron chi connectivity index (χ1n) is 6.11. The van der Waals surface area contributed by atoms with Crippen LogP contribution in [0.15, 0.2) is 22.7 Å². The number of nitriles is 1. The van der Waals surface area contributed by atoms with Crippen molar-refractivity contribution < 1.29 is 19.4 Å². The van der Waals surface area contributed by atoms with Crippen LogP contribution in [0.1, 0.15) is 5.56 Å². The molecule has 0 aliphatic carbocycles. The van der Waals surface area contributed by atoms with Crippen LogP contribution in [0, 0.1) is 11.3 Å². The monoisotopic (exact) mass is 353 g/mol. The molecule has 1 heterocycles. The summed E-state index contributed by atoms with van der Waals surface area (Å²) in [6.45, 7) is 0.434. The summed E-state index contributed by atoms with van der Waals surface area (Å²) in [5.74, 6) is -1.10. The molecule has 1 unspecified atom stereocenters. The van der Waals surface area contributed by atoms with E-state index in [4.69, 9.17) is 15.1 Å². The third kappa shape index (κ3) is 3.71. The Labute approximate surface area is 129 Å². The molecule has 0 bridgehead atoms. The minimum atomic E-state index is -1.10. The highest BCUT2D eigenvalue weighted by Crippen LogP contribution is 2.21.